The largest absolute Gasteiger partial charge is 0.480 e. The summed E-state index contributed by atoms with van der Waals surface area (Å²) in [6.07, 6.45) is 23.0. The maximum absolute atomic E-state index is 10.3. The first-order valence-corrected chi connectivity index (χ1v) is 9.85. The second kappa shape index (κ2) is 22.8. The monoisotopic (exact) mass is 389 g/mol. The van der Waals surface area contributed by atoms with Crippen LogP contribution in [0.4, 0.5) is 0 Å². The summed E-state index contributed by atoms with van der Waals surface area (Å²) in [6.45, 7) is 3.18. The molecular weight excluding hydrogens is 352 g/mol. The average Bonchev–Trinajstić information content (AvgIpc) is 2.53. The topological polar surface area (TPSA) is 49.3 Å². The summed E-state index contributed by atoms with van der Waals surface area (Å²) in [6, 6.07) is 0. The molecule has 0 aromatic heterocycles. The van der Waals surface area contributed by atoms with E-state index in [1.54, 1.807) is 0 Å². The molecule has 3 nitrogen and oxygen atoms in total. The average molecular weight is 391 g/mol. The number of unbranched alkanes of at least 4 members (excludes halogenated alkanes) is 12. The first-order chi connectivity index (χ1) is 11.3. The Kier molecular flexibility index (Phi) is 24.7. The Morgan fingerprint density at radius 3 is 1.75 bits per heavy atom. The van der Waals surface area contributed by atoms with Crippen LogP contribution in [0.25, 0.3) is 0 Å². The van der Waals surface area contributed by atoms with Gasteiger partial charge in [0.25, 0.3) is 0 Å². The minimum absolute atomic E-state index is 0. The molecule has 24 heavy (non-hydrogen) atoms. The molecule has 0 saturated heterocycles. The second-order valence-electron chi connectivity index (χ2n) is 6.51. The van der Waals surface area contributed by atoms with E-state index in [0.717, 1.165) is 13.0 Å². The molecule has 0 aromatic rings. The number of hydrogen-bond donors (Lipinski definition) is 2. The Bertz CT molecular complexity index is 283. The normalized spacial score (nSPS) is 10.9. The molecule has 0 saturated carbocycles. The van der Waals surface area contributed by atoms with E-state index >= 15 is 0 Å². The summed E-state index contributed by atoms with van der Waals surface area (Å²) in [5.41, 5.74) is 0. The number of carbonyl (C=O) groups is 1. The van der Waals surface area contributed by atoms with E-state index < -0.39 is 5.97 Å². The molecule has 0 heterocycles. The molecule has 0 atom stereocenters. The predicted molar refractivity (Wildman–Crippen MR) is 100.0 cm³/mol. The number of hydrogen-bond acceptors (Lipinski definition) is 2. The molecule has 0 unspecified atom stereocenters. The smallest absolute Gasteiger partial charge is 0.317 e. The first-order valence-electron chi connectivity index (χ1n) is 9.85. The van der Waals surface area contributed by atoms with Gasteiger partial charge in [-0.3, -0.25) is 4.79 Å². The minimum Gasteiger partial charge on any atom is -0.480 e. The number of rotatable bonds is 18. The van der Waals surface area contributed by atoms with Crippen molar-refractivity contribution in [3.63, 3.8) is 0 Å². The molecule has 0 aliphatic rings. The Morgan fingerprint density at radius 1 is 0.792 bits per heavy atom. The van der Waals surface area contributed by atoms with Gasteiger partial charge in [-0.05, 0) is 38.6 Å². The van der Waals surface area contributed by atoms with Crippen LogP contribution in [0, 0.1) is 0 Å². The molecule has 0 amide bonds. The fraction of sp³-hybridized carbons (Fsp3) is 0.850. The van der Waals surface area contributed by atoms with E-state index in [0.29, 0.717) is 0 Å². The van der Waals surface area contributed by atoms with Gasteiger partial charge in [-0.2, -0.15) is 0 Å². The molecule has 138 valence electrons. The van der Waals surface area contributed by atoms with Crippen LogP contribution in [0.15, 0.2) is 12.2 Å². The van der Waals surface area contributed by atoms with Crippen molar-refractivity contribution in [3.05, 3.63) is 12.2 Å². The first kappa shape index (κ1) is 26.0. The van der Waals surface area contributed by atoms with Crippen LogP contribution >= 0.6 is 0 Å². The Balaban J connectivity index is 0. The molecule has 0 bridgehead atoms. The summed E-state index contributed by atoms with van der Waals surface area (Å²) in [5, 5.41) is 11.4. The number of allylic oxidation sites excluding steroid dienone is 2. The van der Waals surface area contributed by atoms with E-state index in [1.807, 2.05) is 0 Å². The molecule has 0 fully saturated rings. The van der Waals surface area contributed by atoms with Gasteiger partial charge in [0.05, 0.1) is 6.54 Å². The van der Waals surface area contributed by atoms with E-state index in [-0.39, 0.29) is 26.0 Å². The fourth-order valence-electron chi connectivity index (χ4n) is 2.69. The van der Waals surface area contributed by atoms with Gasteiger partial charge >= 0.3 is 5.97 Å². The quantitative estimate of drug-likeness (QED) is 0.179. The van der Waals surface area contributed by atoms with E-state index in [1.165, 1.54) is 83.5 Å². The minimum atomic E-state index is -0.769. The van der Waals surface area contributed by atoms with Gasteiger partial charge in [-0.1, -0.05) is 76.9 Å². The van der Waals surface area contributed by atoms with Gasteiger partial charge in [0.15, 0.2) is 0 Å². The van der Waals surface area contributed by atoms with Crippen LogP contribution in [0.3, 0.4) is 0 Å². The van der Waals surface area contributed by atoms with Crippen LogP contribution < -0.4 is 5.32 Å². The third-order valence-electron chi connectivity index (χ3n) is 4.14. The molecule has 0 aliphatic heterocycles. The Morgan fingerprint density at radius 2 is 1.25 bits per heavy atom. The standard InChI is InChI=1S/C20H39NO2.Zn/c1-2-3-4-5-6-7-8-9-10-11-12-13-14-15-16-17-18-21-19-20(22)23;/h9-10,21H,2-8,11-19H2,1H3,(H,22,23);/b10-9-;. The molecule has 0 rings (SSSR count). The van der Waals surface area contributed by atoms with Crippen molar-refractivity contribution in [1.82, 2.24) is 5.32 Å². The van der Waals surface area contributed by atoms with Crippen molar-refractivity contribution in [1.29, 1.82) is 0 Å². The third kappa shape index (κ3) is 24.1. The van der Waals surface area contributed by atoms with E-state index in [4.69, 9.17) is 5.11 Å². The van der Waals surface area contributed by atoms with Crippen LogP contribution in [-0.4, -0.2) is 24.2 Å². The van der Waals surface area contributed by atoms with Crippen LogP contribution in [0.1, 0.15) is 96.8 Å². The van der Waals surface area contributed by atoms with Gasteiger partial charge in [0.2, 0.25) is 0 Å². The van der Waals surface area contributed by atoms with Crippen molar-refractivity contribution in [3.8, 4) is 0 Å². The van der Waals surface area contributed by atoms with Gasteiger partial charge in [0, 0.05) is 19.5 Å². The zero-order valence-corrected chi connectivity index (χ0v) is 19.0. The molecule has 2 N–H and O–H groups in total. The number of nitrogens with one attached hydrogen (secondary N) is 1. The summed E-state index contributed by atoms with van der Waals surface area (Å²) in [7, 11) is 0. The van der Waals surface area contributed by atoms with E-state index in [9.17, 15) is 4.79 Å². The Hall–Kier alpha value is -0.207. The third-order valence-corrected chi connectivity index (χ3v) is 4.14. The molecule has 0 spiro atoms. The van der Waals surface area contributed by atoms with E-state index in [2.05, 4.69) is 24.4 Å². The SMILES string of the molecule is CCCCCCCC/C=C\CCCCCCCCNCC(=O)O.[Zn]. The zero-order valence-electron chi connectivity index (χ0n) is 16.0. The summed E-state index contributed by atoms with van der Waals surface area (Å²) < 4.78 is 0. The molecular formula is C20H39NO2Zn. The van der Waals surface area contributed by atoms with Crippen molar-refractivity contribution < 1.29 is 29.4 Å². The summed E-state index contributed by atoms with van der Waals surface area (Å²) >= 11 is 0. The zero-order chi connectivity index (χ0) is 17.0. The van der Waals surface area contributed by atoms with Gasteiger partial charge in [-0.25, -0.2) is 0 Å². The van der Waals surface area contributed by atoms with Gasteiger partial charge in [-0.15, -0.1) is 0 Å². The number of aliphatic carboxylic acids is 1. The van der Waals surface area contributed by atoms with Crippen LogP contribution in [0.5, 0.6) is 0 Å². The van der Waals surface area contributed by atoms with Crippen molar-refractivity contribution in [2.75, 3.05) is 13.1 Å². The molecule has 4 heteroatoms. The second-order valence-corrected chi connectivity index (χ2v) is 6.51. The summed E-state index contributed by atoms with van der Waals surface area (Å²) in [5.74, 6) is -0.769. The number of carboxylic acid groups (broad SMARTS) is 1. The van der Waals surface area contributed by atoms with Crippen LogP contribution in [0.2, 0.25) is 0 Å². The van der Waals surface area contributed by atoms with Crippen molar-refractivity contribution >= 4 is 5.97 Å². The molecule has 0 aliphatic carbocycles. The van der Waals surface area contributed by atoms with Crippen LogP contribution in [-0.2, 0) is 24.3 Å². The Labute approximate surface area is 162 Å². The van der Waals surface area contributed by atoms with Crippen molar-refractivity contribution in [2.24, 2.45) is 0 Å². The van der Waals surface area contributed by atoms with Gasteiger partial charge in [0.1, 0.15) is 0 Å². The maximum atomic E-state index is 10.3. The molecule has 0 aromatic carbocycles. The summed E-state index contributed by atoms with van der Waals surface area (Å²) in [4.78, 5) is 10.3. The van der Waals surface area contributed by atoms with Crippen molar-refractivity contribution in [2.45, 2.75) is 96.8 Å². The predicted octanol–water partition coefficient (Wildman–Crippen LogP) is 5.70. The fourth-order valence-corrected chi connectivity index (χ4v) is 2.69. The van der Waals surface area contributed by atoms with Gasteiger partial charge < -0.3 is 10.4 Å². The number of carboxylic acids is 1. The maximum Gasteiger partial charge on any atom is 0.317 e. The molecule has 0 radical (unpaired) electrons.